The van der Waals surface area contributed by atoms with Crippen LogP contribution in [0.4, 0.5) is 5.69 Å². The fourth-order valence-corrected chi connectivity index (χ4v) is 3.96. The second kappa shape index (κ2) is 8.86. The fraction of sp³-hybridized carbons (Fsp3) is 0.333. The standard InChI is InChI=1S/C21H23N3O2S/c1-3-6-16(25)12-20-24-18-11-15(14-8-5-9-22-13-14)10-17(21(18)27-20)23-19(26)7-4-2/h5,8-11,13H,3-4,6-7,12H2,1-2H3,(H,23,26). The molecule has 27 heavy (non-hydrogen) atoms. The van der Waals surface area contributed by atoms with Gasteiger partial charge in [0.25, 0.3) is 0 Å². The lowest BCUT2D eigenvalue weighted by Gasteiger charge is -2.08. The Kier molecular flexibility index (Phi) is 6.29. The first-order chi connectivity index (χ1) is 13.1. The van der Waals surface area contributed by atoms with Crippen molar-refractivity contribution < 1.29 is 9.59 Å². The van der Waals surface area contributed by atoms with Crippen LogP contribution < -0.4 is 5.32 Å². The number of anilines is 1. The van der Waals surface area contributed by atoms with Crippen LogP contribution in [0.5, 0.6) is 0 Å². The number of fused-ring (bicyclic) bond motifs is 1. The molecule has 1 N–H and O–H groups in total. The van der Waals surface area contributed by atoms with Gasteiger partial charge in [-0.1, -0.05) is 19.9 Å². The zero-order valence-electron chi connectivity index (χ0n) is 15.6. The van der Waals surface area contributed by atoms with E-state index in [-0.39, 0.29) is 11.7 Å². The summed E-state index contributed by atoms with van der Waals surface area (Å²) in [6.07, 6.45) is 6.53. The Hall–Kier alpha value is -2.60. The number of Topliss-reactive ketones (excluding diaryl/α,β-unsaturated/α-hetero) is 1. The highest BCUT2D eigenvalue weighted by molar-refractivity contribution is 7.19. The molecule has 140 valence electrons. The number of nitrogens with zero attached hydrogens (tertiary/aromatic N) is 2. The molecule has 3 rings (SSSR count). The minimum absolute atomic E-state index is 0.0147. The number of benzene rings is 1. The Morgan fingerprint density at radius 2 is 1.93 bits per heavy atom. The maximum Gasteiger partial charge on any atom is 0.224 e. The number of carbonyl (C=O) groups is 2. The molecule has 2 heterocycles. The topological polar surface area (TPSA) is 72.0 Å². The van der Waals surface area contributed by atoms with Crippen molar-refractivity contribution >= 4 is 38.9 Å². The van der Waals surface area contributed by atoms with Gasteiger partial charge in [-0.05, 0) is 36.6 Å². The monoisotopic (exact) mass is 381 g/mol. The van der Waals surface area contributed by atoms with E-state index in [0.29, 0.717) is 19.3 Å². The lowest BCUT2D eigenvalue weighted by molar-refractivity contribution is -0.118. The van der Waals surface area contributed by atoms with Gasteiger partial charge in [-0.15, -0.1) is 11.3 Å². The Balaban J connectivity index is 2.03. The number of amides is 1. The molecule has 0 radical (unpaired) electrons. The molecule has 0 fully saturated rings. The molecule has 0 spiro atoms. The zero-order chi connectivity index (χ0) is 19.2. The average Bonchev–Trinajstić information content (AvgIpc) is 3.05. The molecule has 0 atom stereocenters. The zero-order valence-corrected chi connectivity index (χ0v) is 16.4. The summed E-state index contributed by atoms with van der Waals surface area (Å²) in [6, 6.07) is 7.81. The molecule has 1 aromatic carbocycles. The predicted molar refractivity (Wildman–Crippen MR) is 110 cm³/mol. The molecule has 5 nitrogen and oxygen atoms in total. The number of thiazole rings is 1. The van der Waals surface area contributed by atoms with Crippen LogP contribution in [0.2, 0.25) is 0 Å². The molecule has 1 amide bonds. The molecule has 0 unspecified atom stereocenters. The fourth-order valence-electron chi connectivity index (χ4n) is 2.92. The van der Waals surface area contributed by atoms with Crippen LogP contribution in [0.3, 0.4) is 0 Å². The maximum atomic E-state index is 12.2. The van der Waals surface area contributed by atoms with Crippen molar-refractivity contribution in [3.8, 4) is 11.1 Å². The van der Waals surface area contributed by atoms with Gasteiger partial charge in [-0.3, -0.25) is 14.6 Å². The van der Waals surface area contributed by atoms with Crippen molar-refractivity contribution in [1.29, 1.82) is 0 Å². The smallest absolute Gasteiger partial charge is 0.224 e. The maximum absolute atomic E-state index is 12.2. The molecule has 3 aromatic rings. The Labute approximate surface area is 162 Å². The third-order valence-electron chi connectivity index (χ3n) is 4.16. The van der Waals surface area contributed by atoms with E-state index in [1.54, 1.807) is 12.4 Å². The van der Waals surface area contributed by atoms with Gasteiger partial charge in [0, 0.05) is 30.8 Å². The van der Waals surface area contributed by atoms with Crippen LogP contribution in [-0.4, -0.2) is 21.7 Å². The van der Waals surface area contributed by atoms with Gasteiger partial charge in [0.05, 0.1) is 22.3 Å². The Morgan fingerprint density at radius 3 is 2.63 bits per heavy atom. The highest BCUT2D eigenvalue weighted by Crippen LogP contribution is 2.35. The number of nitrogens with one attached hydrogen (secondary N) is 1. The van der Waals surface area contributed by atoms with Crippen molar-refractivity contribution in [2.24, 2.45) is 0 Å². The third kappa shape index (κ3) is 4.77. The van der Waals surface area contributed by atoms with Crippen molar-refractivity contribution in [3.63, 3.8) is 0 Å². The van der Waals surface area contributed by atoms with Crippen LogP contribution in [0.15, 0.2) is 36.7 Å². The normalized spacial score (nSPS) is 10.9. The second-order valence-corrected chi connectivity index (χ2v) is 7.57. The quantitative estimate of drug-likeness (QED) is 0.595. The van der Waals surface area contributed by atoms with Crippen molar-refractivity contribution in [1.82, 2.24) is 9.97 Å². The van der Waals surface area contributed by atoms with Gasteiger partial charge in [0.2, 0.25) is 5.91 Å². The van der Waals surface area contributed by atoms with E-state index in [0.717, 1.165) is 44.9 Å². The van der Waals surface area contributed by atoms with E-state index in [1.165, 1.54) is 11.3 Å². The van der Waals surface area contributed by atoms with Crippen molar-refractivity contribution in [2.75, 3.05) is 5.32 Å². The van der Waals surface area contributed by atoms with Gasteiger partial charge >= 0.3 is 0 Å². The number of carbonyl (C=O) groups excluding carboxylic acids is 2. The summed E-state index contributed by atoms with van der Waals surface area (Å²) in [5, 5.41) is 3.80. The molecular formula is C21H23N3O2S. The number of pyridine rings is 1. The number of hydrogen-bond acceptors (Lipinski definition) is 5. The van der Waals surface area contributed by atoms with E-state index >= 15 is 0 Å². The van der Waals surface area contributed by atoms with E-state index in [1.807, 2.05) is 38.1 Å². The summed E-state index contributed by atoms with van der Waals surface area (Å²) in [7, 11) is 0. The predicted octanol–water partition coefficient (Wildman–Crippen LogP) is 5.01. The first-order valence-electron chi connectivity index (χ1n) is 9.26. The average molecular weight is 382 g/mol. The summed E-state index contributed by atoms with van der Waals surface area (Å²) >= 11 is 1.48. The highest BCUT2D eigenvalue weighted by atomic mass is 32.1. The van der Waals surface area contributed by atoms with E-state index in [2.05, 4.69) is 15.3 Å². The van der Waals surface area contributed by atoms with Gasteiger partial charge in [-0.25, -0.2) is 4.98 Å². The van der Waals surface area contributed by atoms with Crippen LogP contribution in [0, 0.1) is 0 Å². The molecular weight excluding hydrogens is 358 g/mol. The number of aromatic nitrogens is 2. The molecule has 0 saturated carbocycles. The van der Waals surface area contributed by atoms with Gasteiger partial charge in [-0.2, -0.15) is 0 Å². The summed E-state index contributed by atoms with van der Waals surface area (Å²) < 4.78 is 0.909. The molecule has 0 bridgehead atoms. The number of ketones is 1. The minimum atomic E-state index is -0.0147. The highest BCUT2D eigenvalue weighted by Gasteiger charge is 2.15. The minimum Gasteiger partial charge on any atom is -0.325 e. The van der Waals surface area contributed by atoms with Crippen LogP contribution in [-0.2, 0) is 16.0 Å². The first kappa shape index (κ1) is 19.2. The van der Waals surface area contributed by atoms with Crippen molar-refractivity contribution in [2.45, 2.75) is 46.0 Å². The summed E-state index contributed by atoms with van der Waals surface area (Å²) in [5.74, 6) is 0.180. The molecule has 0 aliphatic heterocycles. The molecule has 0 aliphatic rings. The van der Waals surface area contributed by atoms with E-state index in [9.17, 15) is 9.59 Å². The van der Waals surface area contributed by atoms with Gasteiger partial charge < -0.3 is 5.32 Å². The van der Waals surface area contributed by atoms with E-state index < -0.39 is 0 Å². The summed E-state index contributed by atoms with van der Waals surface area (Å²) in [4.78, 5) is 33.0. The molecule has 0 aliphatic carbocycles. The lowest BCUT2D eigenvalue weighted by atomic mass is 10.1. The largest absolute Gasteiger partial charge is 0.325 e. The third-order valence-corrected chi connectivity index (χ3v) is 5.26. The van der Waals surface area contributed by atoms with Crippen molar-refractivity contribution in [3.05, 3.63) is 41.7 Å². The molecule has 2 aromatic heterocycles. The van der Waals surface area contributed by atoms with Crippen LogP contribution in [0.25, 0.3) is 21.3 Å². The lowest BCUT2D eigenvalue weighted by Crippen LogP contribution is -2.10. The summed E-state index contributed by atoms with van der Waals surface area (Å²) in [6.45, 7) is 3.98. The molecule has 0 saturated heterocycles. The Bertz CT molecular complexity index is 951. The van der Waals surface area contributed by atoms with Crippen LogP contribution >= 0.6 is 11.3 Å². The van der Waals surface area contributed by atoms with Gasteiger partial charge in [0.1, 0.15) is 10.8 Å². The Morgan fingerprint density at radius 1 is 1.11 bits per heavy atom. The summed E-state index contributed by atoms with van der Waals surface area (Å²) in [5.41, 5.74) is 3.45. The molecule has 6 heteroatoms. The number of rotatable bonds is 8. The number of hydrogen-bond donors (Lipinski definition) is 1. The van der Waals surface area contributed by atoms with Gasteiger partial charge in [0.15, 0.2) is 0 Å². The van der Waals surface area contributed by atoms with E-state index in [4.69, 9.17) is 0 Å². The second-order valence-electron chi connectivity index (χ2n) is 6.48. The van der Waals surface area contributed by atoms with Crippen LogP contribution in [0.1, 0.15) is 44.5 Å². The SMILES string of the molecule is CCCC(=O)Cc1nc2cc(-c3cccnc3)cc(NC(=O)CCC)c2s1. The first-order valence-corrected chi connectivity index (χ1v) is 10.1.